The van der Waals surface area contributed by atoms with Crippen LogP contribution in [-0.4, -0.2) is 48.1 Å². The van der Waals surface area contributed by atoms with Crippen LogP contribution in [0, 0.1) is 0 Å². The number of likely N-dealkylation sites (tertiary alicyclic amines) is 1. The molecule has 0 aromatic rings. The quantitative estimate of drug-likeness (QED) is 0.758. The van der Waals surface area contributed by atoms with Gasteiger partial charge in [0.25, 0.3) is 0 Å². The van der Waals surface area contributed by atoms with Crippen LogP contribution in [0.25, 0.3) is 0 Å². The van der Waals surface area contributed by atoms with Crippen LogP contribution in [0.2, 0.25) is 0 Å². The summed E-state index contributed by atoms with van der Waals surface area (Å²) in [6, 6.07) is 0.604. The lowest BCUT2D eigenvalue weighted by Gasteiger charge is -2.39. The van der Waals surface area contributed by atoms with Crippen LogP contribution in [0.5, 0.6) is 0 Å². The molecule has 0 spiro atoms. The number of piperidine rings is 1. The van der Waals surface area contributed by atoms with Gasteiger partial charge in [-0.25, -0.2) is 4.79 Å². The van der Waals surface area contributed by atoms with Crippen LogP contribution in [-0.2, 0) is 0 Å². The summed E-state index contributed by atoms with van der Waals surface area (Å²) in [5, 5.41) is 0. The molecule has 1 saturated heterocycles. The van der Waals surface area contributed by atoms with E-state index in [9.17, 15) is 4.79 Å². The van der Waals surface area contributed by atoms with Crippen molar-refractivity contribution in [3.05, 3.63) is 0 Å². The molecule has 0 bridgehead atoms. The summed E-state index contributed by atoms with van der Waals surface area (Å²) < 4.78 is 0. The van der Waals surface area contributed by atoms with E-state index in [1.54, 1.807) is 0 Å². The molecule has 1 saturated carbocycles. The Morgan fingerprint density at radius 1 is 1.12 bits per heavy atom. The second-order valence-electron chi connectivity index (χ2n) is 5.46. The first-order valence-corrected chi connectivity index (χ1v) is 6.97. The zero-order valence-electron chi connectivity index (χ0n) is 10.9. The standard InChI is InChI=1S/C13H25N3O/c1-15(12-8-4-3-7-11(12)14)13(17)16-9-5-2-6-10-16/h11-12H,2-10,14H2,1H3. The van der Waals surface area contributed by atoms with Crippen LogP contribution in [0.1, 0.15) is 44.9 Å². The summed E-state index contributed by atoms with van der Waals surface area (Å²) >= 11 is 0. The molecule has 2 atom stereocenters. The van der Waals surface area contributed by atoms with Gasteiger partial charge in [-0.1, -0.05) is 12.8 Å². The summed E-state index contributed by atoms with van der Waals surface area (Å²) in [5.74, 6) is 0. The Kier molecular flexibility index (Phi) is 4.26. The largest absolute Gasteiger partial charge is 0.326 e. The minimum Gasteiger partial charge on any atom is -0.326 e. The first kappa shape index (κ1) is 12.7. The number of nitrogens with zero attached hydrogens (tertiary/aromatic N) is 2. The lowest BCUT2D eigenvalue weighted by Crippen LogP contribution is -2.54. The number of amides is 2. The minimum atomic E-state index is 0.169. The number of likely N-dealkylation sites (N-methyl/N-ethyl adjacent to an activating group) is 1. The highest BCUT2D eigenvalue weighted by molar-refractivity contribution is 5.74. The van der Waals surface area contributed by atoms with Crippen molar-refractivity contribution in [1.82, 2.24) is 9.80 Å². The number of nitrogens with two attached hydrogens (primary N) is 1. The lowest BCUT2D eigenvalue weighted by atomic mass is 9.90. The molecule has 4 nitrogen and oxygen atoms in total. The summed E-state index contributed by atoms with van der Waals surface area (Å²) in [5.41, 5.74) is 6.13. The molecular formula is C13H25N3O. The van der Waals surface area contributed by atoms with Crippen LogP contribution >= 0.6 is 0 Å². The zero-order valence-corrected chi connectivity index (χ0v) is 10.9. The molecule has 0 aromatic carbocycles. The van der Waals surface area contributed by atoms with Crippen molar-refractivity contribution in [3.63, 3.8) is 0 Å². The van der Waals surface area contributed by atoms with Crippen molar-refractivity contribution in [2.45, 2.75) is 57.0 Å². The zero-order chi connectivity index (χ0) is 12.3. The normalized spacial score (nSPS) is 30.1. The average molecular weight is 239 g/mol. The molecule has 1 aliphatic heterocycles. The molecule has 2 amide bonds. The van der Waals surface area contributed by atoms with E-state index in [0.29, 0.717) is 0 Å². The number of carbonyl (C=O) groups is 1. The molecule has 2 aliphatic rings. The van der Waals surface area contributed by atoms with Crippen LogP contribution in [0.4, 0.5) is 4.79 Å². The van der Waals surface area contributed by atoms with Crippen molar-refractivity contribution < 1.29 is 4.79 Å². The monoisotopic (exact) mass is 239 g/mol. The molecule has 98 valence electrons. The molecule has 0 radical (unpaired) electrons. The highest BCUT2D eigenvalue weighted by Crippen LogP contribution is 2.22. The van der Waals surface area contributed by atoms with E-state index in [-0.39, 0.29) is 18.1 Å². The average Bonchev–Trinajstić information content (AvgIpc) is 2.39. The number of urea groups is 1. The SMILES string of the molecule is CN(C(=O)N1CCCCC1)C1CCCCC1N. The molecule has 2 unspecified atom stereocenters. The Hall–Kier alpha value is -0.770. The Balaban J connectivity index is 1.92. The van der Waals surface area contributed by atoms with E-state index in [4.69, 9.17) is 5.73 Å². The fraction of sp³-hybridized carbons (Fsp3) is 0.923. The van der Waals surface area contributed by atoms with Crippen LogP contribution < -0.4 is 5.73 Å². The molecule has 4 heteroatoms. The molecular weight excluding hydrogens is 214 g/mol. The van der Waals surface area contributed by atoms with Crippen molar-refractivity contribution >= 4 is 6.03 Å². The summed E-state index contributed by atoms with van der Waals surface area (Å²) in [7, 11) is 1.92. The fourth-order valence-electron chi connectivity index (χ4n) is 3.07. The fourth-order valence-corrected chi connectivity index (χ4v) is 3.07. The van der Waals surface area contributed by atoms with Gasteiger partial charge >= 0.3 is 6.03 Å². The summed E-state index contributed by atoms with van der Waals surface area (Å²) in [6.07, 6.45) is 8.10. The first-order chi connectivity index (χ1) is 8.20. The van der Waals surface area contributed by atoms with E-state index in [1.807, 2.05) is 16.8 Å². The van der Waals surface area contributed by atoms with E-state index in [1.165, 1.54) is 19.3 Å². The third kappa shape index (κ3) is 2.92. The molecule has 17 heavy (non-hydrogen) atoms. The van der Waals surface area contributed by atoms with E-state index < -0.39 is 0 Å². The van der Waals surface area contributed by atoms with Gasteiger partial charge in [-0.3, -0.25) is 0 Å². The first-order valence-electron chi connectivity index (χ1n) is 6.97. The number of carbonyl (C=O) groups excluding carboxylic acids is 1. The van der Waals surface area contributed by atoms with Crippen molar-refractivity contribution in [2.24, 2.45) is 5.73 Å². The third-order valence-electron chi connectivity index (χ3n) is 4.21. The van der Waals surface area contributed by atoms with E-state index in [2.05, 4.69) is 0 Å². The number of hydrogen-bond acceptors (Lipinski definition) is 2. The van der Waals surface area contributed by atoms with Crippen LogP contribution in [0.15, 0.2) is 0 Å². The highest BCUT2D eigenvalue weighted by atomic mass is 16.2. The maximum Gasteiger partial charge on any atom is 0.320 e. The van der Waals surface area contributed by atoms with Crippen molar-refractivity contribution in [2.75, 3.05) is 20.1 Å². The van der Waals surface area contributed by atoms with Crippen molar-refractivity contribution in [3.8, 4) is 0 Å². The van der Waals surface area contributed by atoms with Gasteiger partial charge in [-0.15, -0.1) is 0 Å². The Bertz CT molecular complexity index is 263. The second-order valence-corrected chi connectivity index (χ2v) is 5.46. The second kappa shape index (κ2) is 5.71. The van der Waals surface area contributed by atoms with Gasteiger partial charge in [0.05, 0.1) is 0 Å². The molecule has 2 fully saturated rings. The Morgan fingerprint density at radius 2 is 1.76 bits per heavy atom. The molecule has 1 aliphatic carbocycles. The number of rotatable bonds is 1. The minimum absolute atomic E-state index is 0.169. The van der Waals surface area contributed by atoms with E-state index >= 15 is 0 Å². The molecule has 0 aromatic heterocycles. The number of hydrogen-bond donors (Lipinski definition) is 1. The Labute approximate surface area is 104 Å². The summed E-state index contributed by atoms with van der Waals surface area (Å²) in [6.45, 7) is 1.84. The van der Waals surface area contributed by atoms with Gasteiger partial charge in [0.15, 0.2) is 0 Å². The van der Waals surface area contributed by atoms with Gasteiger partial charge in [0, 0.05) is 32.2 Å². The van der Waals surface area contributed by atoms with Gasteiger partial charge in [0.2, 0.25) is 0 Å². The van der Waals surface area contributed by atoms with Gasteiger partial charge in [-0.05, 0) is 32.1 Å². The van der Waals surface area contributed by atoms with Gasteiger partial charge < -0.3 is 15.5 Å². The van der Waals surface area contributed by atoms with Crippen LogP contribution in [0.3, 0.4) is 0 Å². The molecule has 2 rings (SSSR count). The smallest absolute Gasteiger partial charge is 0.320 e. The predicted molar refractivity (Wildman–Crippen MR) is 68.8 cm³/mol. The topological polar surface area (TPSA) is 49.6 Å². The summed E-state index contributed by atoms with van der Waals surface area (Å²) in [4.78, 5) is 16.2. The van der Waals surface area contributed by atoms with E-state index in [0.717, 1.165) is 38.8 Å². The molecule has 2 N–H and O–H groups in total. The van der Waals surface area contributed by atoms with Gasteiger partial charge in [0.1, 0.15) is 0 Å². The predicted octanol–water partition coefficient (Wildman–Crippen LogP) is 1.79. The highest BCUT2D eigenvalue weighted by Gasteiger charge is 2.30. The Morgan fingerprint density at radius 3 is 2.41 bits per heavy atom. The van der Waals surface area contributed by atoms with Gasteiger partial charge in [-0.2, -0.15) is 0 Å². The maximum atomic E-state index is 12.3. The van der Waals surface area contributed by atoms with Crippen molar-refractivity contribution in [1.29, 1.82) is 0 Å². The maximum absolute atomic E-state index is 12.3. The third-order valence-corrected chi connectivity index (χ3v) is 4.21. The molecule has 1 heterocycles. The lowest BCUT2D eigenvalue weighted by molar-refractivity contribution is 0.120.